The molecule has 14 heavy (non-hydrogen) atoms. The third-order valence-electron chi connectivity index (χ3n) is 1.72. The Hall–Kier alpha value is -0.550. The van der Waals surface area contributed by atoms with Gasteiger partial charge in [0.05, 0.1) is 4.47 Å². The molecule has 1 aromatic rings. The van der Waals surface area contributed by atoms with E-state index in [0.717, 1.165) is 6.07 Å². The first-order chi connectivity index (χ1) is 6.50. The molecule has 0 spiro atoms. The predicted octanol–water partition coefficient (Wildman–Crippen LogP) is 2.76. The van der Waals surface area contributed by atoms with Gasteiger partial charge in [-0.3, -0.25) is 0 Å². The van der Waals surface area contributed by atoms with E-state index < -0.39 is 18.3 Å². The quantitative estimate of drug-likeness (QED) is 0.894. The highest BCUT2D eigenvalue weighted by atomic mass is 79.9. The number of benzene rings is 1. The van der Waals surface area contributed by atoms with Crippen LogP contribution in [0.3, 0.4) is 0 Å². The lowest BCUT2D eigenvalue weighted by Crippen LogP contribution is -2.20. The largest absolute Gasteiger partial charge is 0.387 e. The van der Waals surface area contributed by atoms with Crippen molar-refractivity contribution in [3.05, 3.63) is 34.1 Å². The lowest BCUT2D eigenvalue weighted by molar-refractivity contribution is -0.00366. The van der Waals surface area contributed by atoms with E-state index in [1.165, 1.54) is 12.1 Å². The van der Waals surface area contributed by atoms with Gasteiger partial charge in [0.1, 0.15) is 11.9 Å². The molecule has 0 saturated carbocycles. The molecular formula is C9H8BrF3O. The molecule has 1 unspecified atom stereocenters. The minimum Gasteiger partial charge on any atom is -0.387 e. The van der Waals surface area contributed by atoms with Crippen LogP contribution in [0.2, 0.25) is 0 Å². The second-order valence-corrected chi connectivity index (χ2v) is 3.71. The van der Waals surface area contributed by atoms with Crippen molar-refractivity contribution in [1.82, 2.24) is 0 Å². The van der Waals surface area contributed by atoms with Crippen molar-refractivity contribution in [3.63, 3.8) is 0 Å². The average Bonchev–Trinajstić information content (AvgIpc) is 2.11. The average molecular weight is 269 g/mol. The van der Waals surface area contributed by atoms with Gasteiger partial charge in [-0.2, -0.15) is 0 Å². The van der Waals surface area contributed by atoms with Crippen molar-refractivity contribution < 1.29 is 18.3 Å². The molecule has 0 aromatic heterocycles. The van der Waals surface area contributed by atoms with Crippen molar-refractivity contribution in [2.24, 2.45) is 0 Å². The molecule has 0 aliphatic rings. The molecule has 5 heteroatoms. The van der Waals surface area contributed by atoms with E-state index in [4.69, 9.17) is 5.11 Å². The molecule has 1 rings (SSSR count). The summed E-state index contributed by atoms with van der Waals surface area (Å²) in [6, 6.07) is 3.91. The van der Waals surface area contributed by atoms with E-state index in [9.17, 15) is 13.2 Å². The maximum Gasteiger partial charge on any atom is 0.264 e. The Balaban J connectivity index is 2.73. The highest BCUT2D eigenvalue weighted by Gasteiger charge is 2.17. The summed E-state index contributed by atoms with van der Waals surface area (Å²) >= 11 is 2.93. The Morgan fingerprint density at radius 2 is 2.00 bits per heavy atom. The Morgan fingerprint density at radius 1 is 1.36 bits per heavy atom. The molecule has 1 nitrogen and oxygen atoms in total. The minimum atomic E-state index is -2.78. The van der Waals surface area contributed by atoms with Crippen LogP contribution < -0.4 is 0 Å². The zero-order valence-corrected chi connectivity index (χ0v) is 8.64. The van der Waals surface area contributed by atoms with Gasteiger partial charge in [-0.25, -0.2) is 13.2 Å². The summed E-state index contributed by atoms with van der Waals surface area (Å²) < 4.78 is 36.9. The highest BCUT2D eigenvalue weighted by Crippen LogP contribution is 2.18. The molecule has 0 aliphatic carbocycles. The smallest absolute Gasteiger partial charge is 0.264 e. The van der Waals surface area contributed by atoms with E-state index in [-0.39, 0.29) is 10.9 Å². The molecule has 1 aromatic carbocycles. The lowest BCUT2D eigenvalue weighted by Gasteiger charge is -2.09. The van der Waals surface area contributed by atoms with Crippen LogP contribution in [-0.2, 0) is 6.42 Å². The van der Waals surface area contributed by atoms with Crippen LogP contribution in [0.1, 0.15) is 5.56 Å². The van der Waals surface area contributed by atoms with Crippen LogP contribution in [-0.4, -0.2) is 17.6 Å². The van der Waals surface area contributed by atoms with E-state index in [0.29, 0.717) is 5.56 Å². The standard InChI is InChI=1S/C9H8BrF3O/c10-6-3-5(1-2-7(6)11)4-8(14)9(12)13/h1-3,8-9,14H,4H2. The molecule has 1 N–H and O–H groups in total. The van der Waals surface area contributed by atoms with Gasteiger partial charge < -0.3 is 5.11 Å². The SMILES string of the molecule is OC(Cc1ccc(F)c(Br)c1)C(F)F. The fourth-order valence-electron chi connectivity index (χ4n) is 0.997. The molecule has 0 aliphatic heterocycles. The first kappa shape index (κ1) is 11.5. The van der Waals surface area contributed by atoms with Crippen molar-refractivity contribution in [1.29, 1.82) is 0 Å². The van der Waals surface area contributed by atoms with Gasteiger partial charge in [0.15, 0.2) is 0 Å². The first-order valence-corrected chi connectivity index (χ1v) is 4.70. The second-order valence-electron chi connectivity index (χ2n) is 2.85. The highest BCUT2D eigenvalue weighted by molar-refractivity contribution is 9.10. The van der Waals surface area contributed by atoms with Gasteiger partial charge in [0.2, 0.25) is 0 Å². The maximum absolute atomic E-state index is 12.7. The van der Waals surface area contributed by atoms with Gasteiger partial charge in [0.25, 0.3) is 6.43 Å². The van der Waals surface area contributed by atoms with E-state index in [2.05, 4.69) is 15.9 Å². The van der Waals surface area contributed by atoms with Crippen molar-refractivity contribution in [3.8, 4) is 0 Å². The third-order valence-corrected chi connectivity index (χ3v) is 2.33. The normalized spacial score (nSPS) is 13.3. The van der Waals surface area contributed by atoms with Crippen LogP contribution in [0, 0.1) is 5.82 Å². The predicted molar refractivity (Wildman–Crippen MR) is 49.8 cm³/mol. The summed E-state index contributed by atoms with van der Waals surface area (Å²) in [6.07, 6.45) is -4.66. The molecule has 0 heterocycles. The molecule has 1 atom stereocenters. The summed E-state index contributed by atoms with van der Waals surface area (Å²) in [6.45, 7) is 0. The summed E-state index contributed by atoms with van der Waals surface area (Å²) in [5, 5.41) is 8.88. The minimum absolute atomic E-state index is 0.184. The van der Waals surface area contributed by atoms with Crippen LogP contribution in [0.5, 0.6) is 0 Å². The number of aliphatic hydroxyl groups excluding tert-OH is 1. The Labute approximate surface area is 87.7 Å². The summed E-state index contributed by atoms with van der Waals surface area (Å²) in [4.78, 5) is 0. The topological polar surface area (TPSA) is 20.2 Å². The second kappa shape index (κ2) is 4.79. The molecule has 0 radical (unpaired) electrons. The number of rotatable bonds is 3. The van der Waals surface area contributed by atoms with Gasteiger partial charge in [0, 0.05) is 6.42 Å². The van der Waals surface area contributed by atoms with Gasteiger partial charge in [-0.1, -0.05) is 6.07 Å². The molecule has 0 saturated heterocycles. The number of hydrogen-bond donors (Lipinski definition) is 1. The summed E-state index contributed by atoms with van der Waals surface area (Å²) in [5.41, 5.74) is 0.464. The first-order valence-electron chi connectivity index (χ1n) is 3.91. The van der Waals surface area contributed by atoms with Crippen LogP contribution in [0.15, 0.2) is 22.7 Å². The van der Waals surface area contributed by atoms with Crippen molar-refractivity contribution >= 4 is 15.9 Å². The number of halogens is 4. The number of aliphatic hydroxyl groups is 1. The molecular weight excluding hydrogens is 261 g/mol. The van der Waals surface area contributed by atoms with E-state index in [1.54, 1.807) is 0 Å². The summed E-state index contributed by atoms with van der Waals surface area (Å²) in [5.74, 6) is -0.458. The molecule has 78 valence electrons. The zero-order valence-electron chi connectivity index (χ0n) is 7.05. The molecule has 0 bridgehead atoms. The third kappa shape index (κ3) is 2.99. The zero-order chi connectivity index (χ0) is 10.7. The fourth-order valence-corrected chi connectivity index (χ4v) is 1.42. The Morgan fingerprint density at radius 3 is 2.50 bits per heavy atom. The maximum atomic E-state index is 12.7. The van der Waals surface area contributed by atoms with E-state index in [1.807, 2.05) is 0 Å². The van der Waals surface area contributed by atoms with Crippen LogP contribution in [0.4, 0.5) is 13.2 Å². The Bertz CT molecular complexity index is 317. The van der Waals surface area contributed by atoms with Crippen molar-refractivity contribution in [2.75, 3.05) is 0 Å². The van der Waals surface area contributed by atoms with Gasteiger partial charge >= 0.3 is 0 Å². The number of alkyl halides is 2. The fraction of sp³-hybridized carbons (Fsp3) is 0.333. The Kier molecular flexibility index (Phi) is 3.95. The molecule has 0 fully saturated rings. The van der Waals surface area contributed by atoms with Crippen molar-refractivity contribution in [2.45, 2.75) is 19.0 Å². The lowest BCUT2D eigenvalue weighted by atomic mass is 10.1. The van der Waals surface area contributed by atoms with Crippen LogP contribution in [0.25, 0.3) is 0 Å². The van der Waals surface area contributed by atoms with Crippen LogP contribution >= 0.6 is 15.9 Å². The van der Waals surface area contributed by atoms with Gasteiger partial charge in [-0.05, 0) is 33.6 Å². The monoisotopic (exact) mass is 268 g/mol. The van der Waals surface area contributed by atoms with Gasteiger partial charge in [-0.15, -0.1) is 0 Å². The number of hydrogen-bond acceptors (Lipinski definition) is 1. The molecule has 0 amide bonds. The van der Waals surface area contributed by atoms with E-state index >= 15 is 0 Å². The summed E-state index contributed by atoms with van der Waals surface area (Å²) in [7, 11) is 0.